The smallest absolute Gasteiger partial charge is 0.311 e. The molecule has 0 saturated carbocycles. The Hall–Kier alpha value is -1.63. The summed E-state index contributed by atoms with van der Waals surface area (Å²) in [6.07, 6.45) is 1.82. The summed E-state index contributed by atoms with van der Waals surface area (Å²) in [6.45, 7) is 3.08. The highest BCUT2D eigenvalue weighted by Crippen LogP contribution is 2.33. The lowest BCUT2D eigenvalue weighted by Gasteiger charge is -2.41. The maximum atomic E-state index is 12.4. The van der Waals surface area contributed by atoms with Crippen LogP contribution in [0.15, 0.2) is 0 Å². The monoisotopic (exact) mass is 283 g/mol. The third-order valence-electron chi connectivity index (χ3n) is 4.33. The highest BCUT2D eigenvalue weighted by Gasteiger charge is 2.43. The molecule has 2 heterocycles. The maximum Gasteiger partial charge on any atom is 0.311 e. The zero-order chi connectivity index (χ0) is 14.8. The van der Waals surface area contributed by atoms with Gasteiger partial charge in [-0.05, 0) is 19.3 Å². The normalized spacial score (nSPS) is 30.8. The Morgan fingerprint density at radius 2 is 2.25 bits per heavy atom. The third-order valence-corrected chi connectivity index (χ3v) is 4.33. The Kier molecular flexibility index (Phi) is 4.27. The van der Waals surface area contributed by atoms with E-state index in [1.807, 2.05) is 6.92 Å². The molecule has 7 nitrogen and oxygen atoms in total. The first-order chi connectivity index (χ1) is 9.48. The fraction of sp³-hybridized carbons (Fsp3) is 0.769. The van der Waals surface area contributed by atoms with Crippen molar-refractivity contribution in [1.82, 2.24) is 15.5 Å². The van der Waals surface area contributed by atoms with Crippen LogP contribution < -0.4 is 10.6 Å². The number of carboxylic acids is 1. The topological polar surface area (TPSA) is 98.7 Å². The zero-order valence-electron chi connectivity index (χ0n) is 11.6. The number of piperazine rings is 1. The molecule has 3 N–H and O–H groups in total. The van der Waals surface area contributed by atoms with Gasteiger partial charge in [0, 0.05) is 19.6 Å². The largest absolute Gasteiger partial charge is 0.481 e. The van der Waals surface area contributed by atoms with Crippen molar-refractivity contribution in [3.63, 3.8) is 0 Å². The molecular formula is C13H21N3O4. The number of hydrogen-bond donors (Lipinski definition) is 3. The predicted molar refractivity (Wildman–Crippen MR) is 71.0 cm³/mol. The zero-order valence-corrected chi connectivity index (χ0v) is 11.6. The number of likely N-dealkylation sites (tertiary alicyclic amines) is 1. The van der Waals surface area contributed by atoms with E-state index in [9.17, 15) is 19.5 Å². The van der Waals surface area contributed by atoms with Crippen molar-refractivity contribution in [2.75, 3.05) is 26.2 Å². The van der Waals surface area contributed by atoms with Crippen LogP contribution in [0.5, 0.6) is 0 Å². The summed E-state index contributed by atoms with van der Waals surface area (Å²) in [5, 5.41) is 15.0. The molecule has 0 aromatic heterocycles. The van der Waals surface area contributed by atoms with Gasteiger partial charge in [0.2, 0.25) is 11.8 Å². The molecule has 2 saturated heterocycles. The van der Waals surface area contributed by atoms with Crippen LogP contribution in [0.3, 0.4) is 0 Å². The Balaban J connectivity index is 2.03. The van der Waals surface area contributed by atoms with Crippen LogP contribution in [-0.2, 0) is 14.4 Å². The van der Waals surface area contributed by atoms with Gasteiger partial charge in [-0.1, -0.05) is 6.92 Å². The van der Waals surface area contributed by atoms with Crippen LogP contribution >= 0.6 is 0 Å². The highest BCUT2D eigenvalue weighted by atomic mass is 16.4. The number of nitrogens with one attached hydrogen (secondary N) is 2. The van der Waals surface area contributed by atoms with Gasteiger partial charge >= 0.3 is 5.97 Å². The Morgan fingerprint density at radius 3 is 2.80 bits per heavy atom. The first kappa shape index (κ1) is 14.8. The highest BCUT2D eigenvalue weighted by molar-refractivity contribution is 5.87. The first-order valence-corrected chi connectivity index (χ1v) is 7.01. The molecule has 0 aromatic rings. The molecule has 0 aliphatic carbocycles. The van der Waals surface area contributed by atoms with E-state index in [-0.39, 0.29) is 31.4 Å². The summed E-state index contributed by atoms with van der Waals surface area (Å²) in [6, 6.07) is -0.450. The number of amides is 2. The minimum atomic E-state index is -0.831. The molecule has 20 heavy (non-hydrogen) atoms. The quantitative estimate of drug-likeness (QED) is 0.628. The van der Waals surface area contributed by atoms with Crippen molar-refractivity contribution in [3.05, 3.63) is 0 Å². The van der Waals surface area contributed by atoms with Gasteiger partial charge in [-0.15, -0.1) is 0 Å². The lowest BCUT2D eigenvalue weighted by atomic mass is 9.77. The Bertz CT molecular complexity index is 416. The summed E-state index contributed by atoms with van der Waals surface area (Å²) in [7, 11) is 0. The standard InChI is InChI=1S/C13H21N3O4/c1-2-13(12(19)20)4-3-5-16(8-13)11(18)9-6-15-10(17)7-14-9/h9,14H,2-8H2,1H3,(H,15,17)(H,19,20). The number of carboxylic acid groups (broad SMARTS) is 1. The number of carbonyl (C=O) groups excluding carboxylic acids is 2. The minimum absolute atomic E-state index is 0.122. The van der Waals surface area contributed by atoms with Crippen LogP contribution in [-0.4, -0.2) is 60.0 Å². The van der Waals surface area contributed by atoms with Crippen molar-refractivity contribution < 1.29 is 19.5 Å². The van der Waals surface area contributed by atoms with Crippen molar-refractivity contribution in [3.8, 4) is 0 Å². The molecule has 0 bridgehead atoms. The second-order valence-electron chi connectivity index (χ2n) is 5.54. The van der Waals surface area contributed by atoms with Crippen molar-refractivity contribution in [1.29, 1.82) is 0 Å². The second kappa shape index (κ2) is 5.78. The molecule has 2 aliphatic heterocycles. The average molecular weight is 283 g/mol. The van der Waals surface area contributed by atoms with E-state index in [0.29, 0.717) is 25.8 Å². The molecular weight excluding hydrogens is 262 g/mol. The molecule has 2 aliphatic rings. The summed E-state index contributed by atoms with van der Waals surface area (Å²) >= 11 is 0. The predicted octanol–water partition coefficient (Wildman–Crippen LogP) is -0.822. The molecule has 2 rings (SSSR count). The Labute approximate surface area is 117 Å². The minimum Gasteiger partial charge on any atom is -0.481 e. The molecule has 112 valence electrons. The number of rotatable bonds is 3. The van der Waals surface area contributed by atoms with Crippen molar-refractivity contribution in [2.45, 2.75) is 32.2 Å². The summed E-state index contributed by atoms with van der Waals surface area (Å²) in [4.78, 5) is 36.6. The van der Waals surface area contributed by atoms with Gasteiger partial charge in [-0.25, -0.2) is 0 Å². The number of piperidine rings is 1. The van der Waals surface area contributed by atoms with E-state index in [0.717, 1.165) is 0 Å². The molecule has 2 atom stereocenters. The van der Waals surface area contributed by atoms with Gasteiger partial charge in [0.25, 0.3) is 0 Å². The first-order valence-electron chi connectivity index (χ1n) is 7.01. The van der Waals surface area contributed by atoms with E-state index in [1.54, 1.807) is 4.90 Å². The fourth-order valence-electron chi connectivity index (χ4n) is 2.90. The molecule has 0 spiro atoms. The van der Waals surface area contributed by atoms with Crippen LogP contribution in [0.25, 0.3) is 0 Å². The second-order valence-corrected chi connectivity index (χ2v) is 5.54. The number of hydrogen-bond acceptors (Lipinski definition) is 4. The summed E-state index contributed by atoms with van der Waals surface area (Å²) in [5.41, 5.74) is -0.828. The number of aliphatic carboxylic acids is 1. The summed E-state index contributed by atoms with van der Waals surface area (Å²) in [5.74, 6) is -1.08. The van der Waals surface area contributed by atoms with E-state index >= 15 is 0 Å². The third kappa shape index (κ3) is 2.77. The average Bonchev–Trinajstić information content (AvgIpc) is 2.47. The van der Waals surface area contributed by atoms with Gasteiger partial charge < -0.3 is 15.3 Å². The molecule has 2 amide bonds. The molecule has 2 fully saturated rings. The van der Waals surface area contributed by atoms with E-state index in [1.165, 1.54) is 0 Å². The lowest BCUT2D eigenvalue weighted by molar-refractivity contribution is -0.155. The molecule has 7 heteroatoms. The molecule has 2 unspecified atom stereocenters. The van der Waals surface area contributed by atoms with Gasteiger partial charge in [0.05, 0.1) is 12.0 Å². The lowest BCUT2D eigenvalue weighted by Crippen LogP contribution is -2.61. The van der Waals surface area contributed by atoms with Gasteiger partial charge in [0.1, 0.15) is 6.04 Å². The van der Waals surface area contributed by atoms with Gasteiger partial charge in [0.15, 0.2) is 0 Å². The van der Waals surface area contributed by atoms with Crippen molar-refractivity contribution >= 4 is 17.8 Å². The van der Waals surface area contributed by atoms with Crippen LogP contribution in [0.1, 0.15) is 26.2 Å². The molecule has 0 radical (unpaired) electrons. The SMILES string of the molecule is CCC1(C(=O)O)CCCN(C(=O)C2CNC(=O)CN2)C1. The number of carbonyl (C=O) groups is 3. The van der Waals surface area contributed by atoms with E-state index < -0.39 is 17.4 Å². The Morgan fingerprint density at radius 1 is 1.50 bits per heavy atom. The van der Waals surface area contributed by atoms with E-state index in [4.69, 9.17) is 0 Å². The van der Waals surface area contributed by atoms with E-state index in [2.05, 4.69) is 10.6 Å². The van der Waals surface area contributed by atoms with Crippen molar-refractivity contribution in [2.24, 2.45) is 5.41 Å². The van der Waals surface area contributed by atoms with Crippen LogP contribution in [0.2, 0.25) is 0 Å². The fourth-order valence-corrected chi connectivity index (χ4v) is 2.90. The van der Waals surface area contributed by atoms with Crippen LogP contribution in [0.4, 0.5) is 0 Å². The van der Waals surface area contributed by atoms with Crippen LogP contribution in [0, 0.1) is 5.41 Å². The molecule has 0 aromatic carbocycles. The number of nitrogens with zero attached hydrogens (tertiary/aromatic N) is 1. The van der Waals surface area contributed by atoms with Gasteiger partial charge in [-0.3, -0.25) is 19.7 Å². The van der Waals surface area contributed by atoms with Gasteiger partial charge in [-0.2, -0.15) is 0 Å². The summed E-state index contributed by atoms with van der Waals surface area (Å²) < 4.78 is 0. The maximum absolute atomic E-state index is 12.4.